The Balaban J connectivity index is 5.22. The monoisotopic (exact) mass is 1450 g/mol. The molecule has 3 unspecified atom stereocenters. The lowest BCUT2D eigenvalue weighted by molar-refractivity contribution is -0.161. The van der Waals surface area contributed by atoms with Gasteiger partial charge < -0.3 is 33.8 Å². The van der Waals surface area contributed by atoms with E-state index < -0.39 is 97.5 Å². The molecule has 0 saturated heterocycles. The van der Waals surface area contributed by atoms with Crippen molar-refractivity contribution >= 4 is 39.5 Å². The number of ether oxygens (including phenoxy) is 4. The molecule has 0 amide bonds. The normalized spacial score (nSPS) is 14.1. The molecule has 17 nitrogen and oxygen atoms in total. The first kappa shape index (κ1) is 97.1. The predicted octanol–water partition coefficient (Wildman–Crippen LogP) is 24.0. The highest BCUT2D eigenvalue weighted by atomic mass is 31.2. The van der Waals surface area contributed by atoms with Crippen LogP contribution in [0.25, 0.3) is 0 Å². The van der Waals surface area contributed by atoms with Crippen molar-refractivity contribution in [3.8, 4) is 0 Å². The third-order valence-corrected chi connectivity index (χ3v) is 21.0. The van der Waals surface area contributed by atoms with E-state index in [1.54, 1.807) is 0 Å². The van der Waals surface area contributed by atoms with Crippen LogP contribution in [0.15, 0.2) is 0 Å². The second kappa shape index (κ2) is 73.0. The lowest BCUT2D eigenvalue weighted by Crippen LogP contribution is -2.30. The highest BCUT2D eigenvalue weighted by molar-refractivity contribution is 7.47. The predicted molar refractivity (Wildman–Crippen MR) is 405 cm³/mol. The van der Waals surface area contributed by atoms with Gasteiger partial charge in [0.1, 0.15) is 19.3 Å². The molecule has 19 heteroatoms. The van der Waals surface area contributed by atoms with Crippen molar-refractivity contribution < 1.29 is 80.2 Å². The SMILES string of the molecule is CCCCCCCCCCCCCCCCCCCCCCCC(=O)O[C@H](COC(=O)CCCCCCCCCCCCC(C)CC)COP(=O)(O)OC[C@@H](O)COP(=O)(O)OC[C@@H](COC(=O)CCCCCCCCCCCCCC)OC(=O)CCCCCCCCCCCCCC. The van der Waals surface area contributed by atoms with Gasteiger partial charge in [-0.2, -0.15) is 0 Å². The number of hydrogen-bond acceptors (Lipinski definition) is 15. The van der Waals surface area contributed by atoms with Gasteiger partial charge in [-0.3, -0.25) is 37.3 Å². The van der Waals surface area contributed by atoms with Crippen molar-refractivity contribution in [1.82, 2.24) is 0 Å². The second-order valence-corrected chi connectivity index (χ2v) is 32.0. The fourth-order valence-electron chi connectivity index (χ4n) is 12.4. The van der Waals surface area contributed by atoms with E-state index in [0.29, 0.717) is 25.7 Å². The standard InChI is InChI=1S/C80H156O17P2/c1-6-10-13-16-19-22-25-28-29-30-31-32-33-34-35-36-39-46-51-56-61-66-80(85)97-76(70-91-78(83)64-59-54-49-44-41-40-42-47-52-57-62-73(5)9-4)72-95-99(88,89)93-68-74(81)67-92-98(86,87)94-71-75(96-79(84)65-60-55-50-45-38-27-24-21-18-15-12-8-3)69-90-77(82)63-58-53-48-43-37-26-23-20-17-14-11-7-2/h73-76,81H,6-72H2,1-5H3,(H,86,87)(H,88,89)/t73?,74-,75+,76+/m0/s1. The topological polar surface area (TPSA) is 237 Å². The molecular formula is C80H156O17P2. The van der Waals surface area contributed by atoms with Gasteiger partial charge >= 0.3 is 39.5 Å². The fraction of sp³-hybridized carbons (Fsp3) is 0.950. The summed E-state index contributed by atoms with van der Waals surface area (Å²) in [5.74, 6) is -1.30. The number of phosphoric ester groups is 2. The minimum Gasteiger partial charge on any atom is -0.462 e. The minimum absolute atomic E-state index is 0.108. The average Bonchev–Trinajstić information content (AvgIpc) is 1.14. The molecule has 0 heterocycles. The third-order valence-electron chi connectivity index (χ3n) is 19.1. The van der Waals surface area contributed by atoms with Crippen LogP contribution >= 0.6 is 15.6 Å². The smallest absolute Gasteiger partial charge is 0.462 e. The molecule has 0 fully saturated rings. The van der Waals surface area contributed by atoms with Crippen molar-refractivity contribution in [3.05, 3.63) is 0 Å². The molecule has 0 aliphatic rings. The highest BCUT2D eigenvalue weighted by Crippen LogP contribution is 2.45. The molecule has 588 valence electrons. The summed E-state index contributed by atoms with van der Waals surface area (Å²) in [6, 6.07) is 0. The summed E-state index contributed by atoms with van der Waals surface area (Å²) in [5, 5.41) is 10.6. The molecule has 3 N–H and O–H groups in total. The van der Waals surface area contributed by atoms with Gasteiger partial charge in [-0.25, -0.2) is 9.13 Å². The van der Waals surface area contributed by atoms with Crippen LogP contribution in [-0.4, -0.2) is 96.7 Å². The van der Waals surface area contributed by atoms with E-state index in [2.05, 4.69) is 34.6 Å². The van der Waals surface area contributed by atoms with Crippen LogP contribution in [0.2, 0.25) is 0 Å². The van der Waals surface area contributed by atoms with Crippen LogP contribution in [-0.2, 0) is 65.4 Å². The zero-order valence-electron chi connectivity index (χ0n) is 64.6. The summed E-state index contributed by atoms with van der Waals surface area (Å²) in [4.78, 5) is 73.0. The van der Waals surface area contributed by atoms with Gasteiger partial charge in [0, 0.05) is 25.7 Å². The summed E-state index contributed by atoms with van der Waals surface area (Å²) >= 11 is 0. The highest BCUT2D eigenvalue weighted by Gasteiger charge is 2.30. The van der Waals surface area contributed by atoms with Crippen LogP contribution in [0.3, 0.4) is 0 Å². The van der Waals surface area contributed by atoms with E-state index in [4.69, 9.17) is 37.0 Å². The summed E-state index contributed by atoms with van der Waals surface area (Å²) in [5.41, 5.74) is 0. The second-order valence-electron chi connectivity index (χ2n) is 29.1. The molecule has 0 saturated carbocycles. The maximum absolute atomic E-state index is 13.1. The van der Waals surface area contributed by atoms with E-state index >= 15 is 0 Å². The van der Waals surface area contributed by atoms with E-state index in [-0.39, 0.29) is 25.7 Å². The van der Waals surface area contributed by atoms with Crippen LogP contribution in [0.5, 0.6) is 0 Å². The molecule has 0 aromatic rings. The Kier molecular flexibility index (Phi) is 71.6. The van der Waals surface area contributed by atoms with Crippen LogP contribution in [0.1, 0.15) is 426 Å². The Bertz CT molecular complexity index is 1890. The number of phosphoric acid groups is 2. The molecule has 0 radical (unpaired) electrons. The number of unbranched alkanes of at least 4 members (excludes halogenated alkanes) is 51. The Morgan fingerprint density at radius 3 is 0.717 bits per heavy atom. The van der Waals surface area contributed by atoms with Gasteiger partial charge in [0.2, 0.25) is 0 Å². The number of aliphatic hydroxyl groups is 1. The van der Waals surface area contributed by atoms with E-state index in [1.807, 2.05) is 0 Å². The van der Waals surface area contributed by atoms with Gasteiger partial charge in [0.15, 0.2) is 12.2 Å². The number of rotatable bonds is 80. The molecule has 0 rings (SSSR count). The largest absolute Gasteiger partial charge is 0.472 e. The van der Waals surface area contributed by atoms with Crippen LogP contribution < -0.4 is 0 Å². The summed E-state index contributed by atoms with van der Waals surface area (Å²) in [6.07, 6.45) is 63.7. The number of carbonyl (C=O) groups excluding carboxylic acids is 4. The zero-order valence-corrected chi connectivity index (χ0v) is 66.4. The zero-order chi connectivity index (χ0) is 72.7. The van der Waals surface area contributed by atoms with Crippen molar-refractivity contribution in [3.63, 3.8) is 0 Å². The van der Waals surface area contributed by atoms with E-state index in [1.165, 1.54) is 250 Å². The molecule has 6 atom stereocenters. The first-order valence-electron chi connectivity index (χ1n) is 41.7. The van der Waals surface area contributed by atoms with Gasteiger partial charge in [-0.15, -0.1) is 0 Å². The Labute approximate surface area is 607 Å². The van der Waals surface area contributed by atoms with Crippen molar-refractivity contribution in [2.75, 3.05) is 39.6 Å². The molecule has 0 bridgehead atoms. The molecule has 0 aliphatic heterocycles. The number of esters is 4. The maximum atomic E-state index is 13.1. The lowest BCUT2D eigenvalue weighted by atomic mass is 9.99. The van der Waals surface area contributed by atoms with Crippen LogP contribution in [0.4, 0.5) is 0 Å². The van der Waals surface area contributed by atoms with Crippen molar-refractivity contribution in [2.45, 2.75) is 445 Å². The molecule has 99 heavy (non-hydrogen) atoms. The Hall–Kier alpha value is -1.94. The molecule has 0 aromatic carbocycles. The molecule has 0 aromatic heterocycles. The van der Waals surface area contributed by atoms with Gasteiger partial charge in [0.25, 0.3) is 0 Å². The van der Waals surface area contributed by atoms with Gasteiger partial charge in [-0.05, 0) is 31.6 Å². The quantitative estimate of drug-likeness (QED) is 0.0222. The summed E-state index contributed by atoms with van der Waals surface area (Å²) in [7, 11) is -9.92. The van der Waals surface area contributed by atoms with Crippen molar-refractivity contribution in [2.24, 2.45) is 5.92 Å². The first-order valence-corrected chi connectivity index (χ1v) is 44.7. The third kappa shape index (κ3) is 72.8. The molecule has 0 spiro atoms. The minimum atomic E-state index is -4.96. The lowest BCUT2D eigenvalue weighted by Gasteiger charge is -2.21. The fourth-order valence-corrected chi connectivity index (χ4v) is 14.0. The average molecular weight is 1450 g/mol. The number of carbonyl (C=O) groups is 4. The Morgan fingerprint density at radius 2 is 0.485 bits per heavy atom. The summed E-state index contributed by atoms with van der Waals surface area (Å²) < 4.78 is 68.7. The maximum Gasteiger partial charge on any atom is 0.472 e. The first-order chi connectivity index (χ1) is 48.1. The molecular weight excluding hydrogens is 1290 g/mol. The molecule has 0 aliphatic carbocycles. The Morgan fingerprint density at radius 1 is 0.283 bits per heavy atom. The number of aliphatic hydroxyl groups excluding tert-OH is 1. The number of hydrogen-bond donors (Lipinski definition) is 3. The van der Waals surface area contributed by atoms with E-state index in [0.717, 1.165) is 95.8 Å². The van der Waals surface area contributed by atoms with E-state index in [9.17, 15) is 43.2 Å². The van der Waals surface area contributed by atoms with Gasteiger partial charge in [-0.1, -0.05) is 375 Å². The van der Waals surface area contributed by atoms with Crippen molar-refractivity contribution in [1.29, 1.82) is 0 Å². The summed E-state index contributed by atoms with van der Waals surface area (Å²) in [6.45, 7) is 7.35. The van der Waals surface area contributed by atoms with Gasteiger partial charge in [0.05, 0.1) is 26.4 Å². The van der Waals surface area contributed by atoms with Crippen LogP contribution in [0, 0.1) is 5.92 Å².